The van der Waals surface area contributed by atoms with Crippen LogP contribution in [-0.2, 0) is 0 Å². The highest BCUT2D eigenvalue weighted by atomic mass is 14.4. The topological polar surface area (TPSA) is 0 Å². The second kappa shape index (κ2) is 3.08. The molecule has 1 saturated carbocycles. The molecule has 66 valence electrons. The van der Waals surface area contributed by atoms with E-state index in [2.05, 4.69) is 38.2 Å². The van der Waals surface area contributed by atoms with Gasteiger partial charge in [0.1, 0.15) is 0 Å². The Balaban J connectivity index is 2.20. The van der Waals surface area contributed by atoms with E-state index in [1.807, 2.05) is 0 Å². The van der Waals surface area contributed by atoms with Crippen LogP contribution in [0.15, 0.2) is 24.3 Å². The molecule has 3 aliphatic carbocycles. The molecule has 2 bridgehead atoms. The lowest BCUT2D eigenvalue weighted by Gasteiger charge is -2.42. The van der Waals surface area contributed by atoms with Crippen molar-refractivity contribution in [2.24, 2.45) is 23.7 Å². The Morgan fingerprint density at radius 2 is 1.83 bits per heavy atom. The van der Waals surface area contributed by atoms with Gasteiger partial charge in [-0.2, -0.15) is 0 Å². The summed E-state index contributed by atoms with van der Waals surface area (Å²) in [6.07, 6.45) is 12.4. The molecule has 0 amide bonds. The fraction of sp³-hybridized carbons (Fsp3) is 0.667. The molecule has 3 aliphatic rings. The highest BCUT2D eigenvalue weighted by molar-refractivity contribution is 5.12. The first kappa shape index (κ1) is 8.10. The minimum absolute atomic E-state index is 0.832. The molecule has 12 heavy (non-hydrogen) atoms. The van der Waals surface area contributed by atoms with Crippen LogP contribution < -0.4 is 0 Å². The molecule has 0 aromatic heterocycles. The summed E-state index contributed by atoms with van der Waals surface area (Å²) in [4.78, 5) is 0. The molecule has 0 spiro atoms. The first-order valence-corrected chi connectivity index (χ1v) is 5.14. The van der Waals surface area contributed by atoms with E-state index in [0.717, 1.165) is 23.7 Å². The van der Waals surface area contributed by atoms with Gasteiger partial charge in [-0.1, -0.05) is 31.2 Å². The largest absolute Gasteiger partial charge is 0.0914 e. The van der Waals surface area contributed by atoms with E-state index in [0.29, 0.717) is 0 Å². The van der Waals surface area contributed by atoms with Crippen LogP contribution in [0.2, 0.25) is 0 Å². The monoisotopic (exact) mass is 162 g/mol. The molecule has 0 N–H and O–H groups in total. The number of rotatable bonds is 1. The maximum Gasteiger partial charge on any atom is -0.0139 e. The Morgan fingerprint density at radius 3 is 2.33 bits per heavy atom. The van der Waals surface area contributed by atoms with Crippen molar-refractivity contribution in [2.45, 2.75) is 26.7 Å². The van der Waals surface area contributed by atoms with Gasteiger partial charge in [0.15, 0.2) is 0 Å². The van der Waals surface area contributed by atoms with Gasteiger partial charge in [0, 0.05) is 0 Å². The molecule has 1 fully saturated rings. The summed E-state index contributed by atoms with van der Waals surface area (Å²) in [5.74, 6) is 3.43. The maximum absolute atomic E-state index is 2.44. The predicted molar refractivity (Wildman–Crippen MR) is 52.8 cm³/mol. The van der Waals surface area contributed by atoms with Gasteiger partial charge in [-0.05, 0) is 43.4 Å². The Bertz CT molecular complexity index is 212. The molecule has 0 heterocycles. The van der Waals surface area contributed by atoms with E-state index in [4.69, 9.17) is 0 Å². The van der Waals surface area contributed by atoms with E-state index in [1.54, 1.807) is 0 Å². The molecular formula is C12H18. The Hall–Kier alpha value is -0.520. The third-order valence-corrected chi connectivity index (χ3v) is 3.63. The summed E-state index contributed by atoms with van der Waals surface area (Å²) >= 11 is 0. The average molecular weight is 162 g/mol. The molecule has 0 saturated heterocycles. The maximum atomic E-state index is 2.44. The quantitative estimate of drug-likeness (QED) is 0.518. The third-order valence-electron chi connectivity index (χ3n) is 3.63. The molecular weight excluding hydrogens is 144 g/mol. The smallest absolute Gasteiger partial charge is 0.0139 e. The highest BCUT2D eigenvalue weighted by Crippen LogP contribution is 2.44. The highest BCUT2D eigenvalue weighted by Gasteiger charge is 2.35. The van der Waals surface area contributed by atoms with Crippen molar-refractivity contribution in [3.05, 3.63) is 24.3 Å². The zero-order chi connectivity index (χ0) is 8.55. The van der Waals surface area contributed by atoms with Crippen molar-refractivity contribution >= 4 is 0 Å². The Labute approximate surface area is 75.4 Å². The number of hydrogen-bond donors (Lipinski definition) is 0. The summed E-state index contributed by atoms with van der Waals surface area (Å²) in [6.45, 7) is 4.55. The molecule has 0 radical (unpaired) electrons. The van der Waals surface area contributed by atoms with E-state index >= 15 is 0 Å². The average Bonchev–Trinajstić information content (AvgIpc) is 2.12. The Kier molecular flexibility index (Phi) is 2.08. The van der Waals surface area contributed by atoms with Crippen LogP contribution in [0, 0.1) is 23.7 Å². The SMILES string of the molecule is C/C=C/[C@H]1C2C=CC(CC2)[C@H]1C. The molecule has 0 heteroatoms. The minimum Gasteiger partial charge on any atom is -0.0914 e. The first-order valence-electron chi connectivity index (χ1n) is 5.14. The number of fused-ring (bicyclic) bond motifs is 2. The lowest BCUT2D eigenvalue weighted by molar-refractivity contribution is 0.174. The summed E-state index contributed by atoms with van der Waals surface area (Å²) in [7, 11) is 0. The van der Waals surface area contributed by atoms with Gasteiger partial charge in [-0.15, -0.1) is 0 Å². The van der Waals surface area contributed by atoms with Crippen molar-refractivity contribution in [1.29, 1.82) is 0 Å². The molecule has 0 aliphatic heterocycles. The van der Waals surface area contributed by atoms with Crippen LogP contribution in [0.4, 0.5) is 0 Å². The van der Waals surface area contributed by atoms with Crippen molar-refractivity contribution in [3.8, 4) is 0 Å². The van der Waals surface area contributed by atoms with Crippen LogP contribution in [0.5, 0.6) is 0 Å². The zero-order valence-electron chi connectivity index (χ0n) is 8.03. The van der Waals surface area contributed by atoms with Crippen LogP contribution in [-0.4, -0.2) is 0 Å². The zero-order valence-corrected chi connectivity index (χ0v) is 8.03. The van der Waals surface area contributed by atoms with Gasteiger partial charge in [-0.25, -0.2) is 0 Å². The fourth-order valence-electron chi connectivity index (χ4n) is 2.84. The molecule has 4 atom stereocenters. The molecule has 2 unspecified atom stereocenters. The lowest BCUT2D eigenvalue weighted by atomic mass is 9.63. The van der Waals surface area contributed by atoms with Crippen molar-refractivity contribution in [1.82, 2.24) is 0 Å². The van der Waals surface area contributed by atoms with E-state index in [-0.39, 0.29) is 0 Å². The Morgan fingerprint density at radius 1 is 1.17 bits per heavy atom. The summed E-state index contributed by atoms with van der Waals surface area (Å²) in [6, 6.07) is 0. The normalized spacial score (nSPS) is 45.8. The van der Waals surface area contributed by atoms with Crippen molar-refractivity contribution in [2.75, 3.05) is 0 Å². The van der Waals surface area contributed by atoms with Gasteiger partial charge < -0.3 is 0 Å². The summed E-state index contributed by atoms with van der Waals surface area (Å²) < 4.78 is 0. The van der Waals surface area contributed by atoms with Crippen LogP contribution >= 0.6 is 0 Å². The van der Waals surface area contributed by atoms with Crippen molar-refractivity contribution < 1.29 is 0 Å². The van der Waals surface area contributed by atoms with Gasteiger partial charge in [0.05, 0.1) is 0 Å². The van der Waals surface area contributed by atoms with Crippen LogP contribution in [0.25, 0.3) is 0 Å². The number of hydrogen-bond acceptors (Lipinski definition) is 0. The second-order valence-corrected chi connectivity index (χ2v) is 4.25. The van der Waals surface area contributed by atoms with E-state index in [1.165, 1.54) is 12.8 Å². The van der Waals surface area contributed by atoms with E-state index < -0.39 is 0 Å². The van der Waals surface area contributed by atoms with Gasteiger partial charge in [-0.3, -0.25) is 0 Å². The predicted octanol–water partition coefficient (Wildman–Crippen LogP) is 3.41. The summed E-state index contributed by atoms with van der Waals surface area (Å²) in [5.41, 5.74) is 0. The summed E-state index contributed by atoms with van der Waals surface area (Å²) in [5, 5.41) is 0. The fourth-order valence-corrected chi connectivity index (χ4v) is 2.84. The van der Waals surface area contributed by atoms with Gasteiger partial charge in [0.2, 0.25) is 0 Å². The van der Waals surface area contributed by atoms with Gasteiger partial charge >= 0.3 is 0 Å². The number of allylic oxidation sites excluding steroid dienone is 4. The lowest BCUT2D eigenvalue weighted by Crippen LogP contribution is -2.33. The van der Waals surface area contributed by atoms with Crippen LogP contribution in [0.1, 0.15) is 26.7 Å². The third kappa shape index (κ3) is 1.14. The molecule has 3 rings (SSSR count). The van der Waals surface area contributed by atoms with Gasteiger partial charge in [0.25, 0.3) is 0 Å². The minimum atomic E-state index is 0.832. The van der Waals surface area contributed by atoms with Crippen LogP contribution in [0.3, 0.4) is 0 Å². The molecule has 0 aromatic carbocycles. The van der Waals surface area contributed by atoms with Crippen molar-refractivity contribution in [3.63, 3.8) is 0 Å². The standard InChI is InChI=1S/C12H18/c1-3-4-12-9(2)10-5-7-11(12)8-6-10/h3-5,7,9-12H,6,8H2,1-2H3/b4-3+/t9-,10?,11?,12-/m1/s1. The molecule has 0 aromatic rings. The van der Waals surface area contributed by atoms with E-state index in [9.17, 15) is 0 Å². The first-order chi connectivity index (χ1) is 5.83. The second-order valence-electron chi connectivity index (χ2n) is 4.25. The molecule has 0 nitrogen and oxygen atoms in total.